The van der Waals surface area contributed by atoms with E-state index in [9.17, 15) is 23.1 Å². The molecule has 4 rings (SSSR count). The zero-order valence-electron chi connectivity index (χ0n) is 18.7. The largest absolute Gasteiger partial charge is 0.422 e. The fraction of sp³-hybridized carbons (Fsp3) is 0.136. The summed E-state index contributed by atoms with van der Waals surface area (Å²) in [5, 5.41) is 23.2. The number of nitrogens with two attached hydrogens (primary N) is 2. The number of hydrazone groups is 1. The van der Waals surface area contributed by atoms with Crippen LogP contribution in [0.15, 0.2) is 68.7 Å². The van der Waals surface area contributed by atoms with Gasteiger partial charge in [0.25, 0.3) is 11.8 Å². The smallest absolute Gasteiger partial charge is 0.378 e. The molecular formula is C22H19F3N8O4. The van der Waals surface area contributed by atoms with Crippen molar-refractivity contribution in [2.75, 3.05) is 6.54 Å². The number of aliphatic hydroxyl groups excluding tert-OH is 1. The molecule has 2 aromatic heterocycles. The molecule has 2 aromatic carbocycles. The maximum Gasteiger partial charge on any atom is 0.422 e. The van der Waals surface area contributed by atoms with Gasteiger partial charge >= 0.3 is 6.18 Å². The molecule has 2 heterocycles. The summed E-state index contributed by atoms with van der Waals surface area (Å²) in [7, 11) is 0. The first-order valence-electron chi connectivity index (χ1n) is 10.5. The lowest BCUT2D eigenvalue weighted by atomic mass is 10.1. The Morgan fingerprint density at radius 1 is 1.05 bits per heavy atom. The average molecular weight is 516 g/mol. The number of amides is 1. The monoisotopic (exact) mass is 516 g/mol. The molecule has 0 saturated heterocycles. The van der Waals surface area contributed by atoms with Gasteiger partial charge < -0.3 is 30.7 Å². The molecule has 1 unspecified atom stereocenters. The lowest BCUT2D eigenvalue weighted by molar-refractivity contribution is -0.137. The second-order valence-corrected chi connectivity index (χ2v) is 7.48. The topological polar surface area (TPSA) is 191 Å². The number of hydrazine groups is 1. The highest BCUT2D eigenvalue weighted by atomic mass is 19.4. The molecule has 0 saturated carbocycles. The van der Waals surface area contributed by atoms with Gasteiger partial charge in [0.2, 0.25) is 11.6 Å². The Kier molecular flexibility index (Phi) is 7.17. The van der Waals surface area contributed by atoms with E-state index in [1.54, 1.807) is 18.2 Å². The number of alkyl halides is 3. The highest BCUT2D eigenvalue weighted by Gasteiger charge is 2.43. The van der Waals surface area contributed by atoms with Crippen LogP contribution in [0.25, 0.3) is 34.3 Å². The number of aromatic nitrogens is 3. The van der Waals surface area contributed by atoms with Crippen molar-refractivity contribution in [3.05, 3.63) is 65.7 Å². The highest BCUT2D eigenvalue weighted by molar-refractivity contribution is 5.89. The molecule has 0 fully saturated rings. The van der Waals surface area contributed by atoms with Crippen molar-refractivity contribution in [3.63, 3.8) is 0 Å². The minimum absolute atomic E-state index is 0.0518. The third kappa shape index (κ3) is 5.41. The van der Waals surface area contributed by atoms with E-state index >= 15 is 0 Å². The minimum Gasteiger partial charge on any atom is -0.378 e. The summed E-state index contributed by atoms with van der Waals surface area (Å²) in [5.74, 6) is 8.28. The molecule has 0 aliphatic heterocycles. The molecule has 1 atom stereocenters. The quantitative estimate of drug-likeness (QED) is 0.105. The summed E-state index contributed by atoms with van der Waals surface area (Å²) >= 11 is 0. The second kappa shape index (κ2) is 10.5. The summed E-state index contributed by atoms with van der Waals surface area (Å²) in [6, 6.07) is 13.5. The number of carbonyl (C=O) groups excluding carboxylic acids is 1. The summed E-state index contributed by atoms with van der Waals surface area (Å²) in [6.45, 7) is -0.139. The predicted molar refractivity (Wildman–Crippen MR) is 123 cm³/mol. The van der Waals surface area contributed by atoms with Crippen molar-refractivity contribution >= 4 is 11.7 Å². The molecule has 1 amide bonds. The van der Waals surface area contributed by atoms with Crippen molar-refractivity contribution in [2.45, 2.75) is 12.3 Å². The first kappa shape index (κ1) is 25.3. The lowest BCUT2D eigenvalue weighted by Crippen LogP contribution is -2.42. The van der Waals surface area contributed by atoms with Gasteiger partial charge in [-0.3, -0.25) is 4.79 Å². The summed E-state index contributed by atoms with van der Waals surface area (Å²) in [6.07, 6.45) is -6.35. The third-order valence-corrected chi connectivity index (χ3v) is 5.13. The molecule has 15 heteroatoms. The van der Waals surface area contributed by atoms with E-state index in [1.807, 2.05) is 0 Å². The van der Waals surface area contributed by atoms with Crippen molar-refractivity contribution in [1.82, 2.24) is 26.0 Å². The van der Waals surface area contributed by atoms with Gasteiger partial charge in [0, 0.05) is 11.1 Å². The van der Waals surface area contributed by atoms with Crippen LogP contribution in [-0.2, 0) is 11.0 Å². The average Bonchev–Trinajstić information content (AvgIpc) is 3.57. The van der Waals surface area contributed by atoms with Gasteiger partial charge in [-0.05, 0) is 5.56 Å². The molecule has 0 radical (unpaired) electrons. The van der Waals surface area contributed by atoms with E-state index < -0.39 is 41.1 Å². The van der Waals surface area contributed by atoms with Crippen molar-refractivity contribution < 1.29 is 32.1 Å². The van der Waals surface area contributed by atoms with Gasteiger partial charge in [0.15, 0.2) is 11.9 Å². The van der Waals surface area contributed by atoms with E-state index in [1.165, 1.54) is 36.4 Å². The molecule has 12 nitrogen and oxygen atoms in total. The maximum absolute atomic E-state index is 13.9. The first-order valence-corrected chi connectivity index (χ1v) is 10.5. The molecule has 192 valence electrons. The number of benzene rings is 2. The summed E-state index contributed by atoms with van der Waals surface area (Å²) in [5.41, 5.74) is 1.39. The van der Waals surface area contributed by atoms with Crippen molar-refractivity contribution in [2.24, 2.45) is 16.8 Å². The first-order chi connectivity index (χ1) is 17.7. The normalized spacial score (nSPS) is 12.8. The number of aliphatic hydroxyl groups is 1. The van der Waals surface area contributed by atoms with Crippen molar-refractivity contribution in [1.29, 1.82) is 0 Å². The van der Waals surface area contributed by atoms with Gasteiger partial charge in [-0.15, -0.1) is 0 Å². The van der Waals surface area contributed by atoms with Crippen LogP contribution in [0, 0.1) is 0 Å². The van der Waals surface area contributed by atoms with Crippen LogP contribution in [-0.4, -0.2) is 38.7 Å². The standard InChI is InChI=1S/C22H19F3N8O4/c23-22(24,25)15-16(11-4-2-1-3-5-11)32-36-18(15)21-29-19(33-37-21)13-8-6-12(7-9-13)17(34)20(35)28-10-14(30-26)31-27/h1-9,17,34H,10,26-27H2,(H,28,35)(H,30,31). The number of hydrogen-bond acceptors (Lipinski definition) is 10. The van der Waals surface area contributed by atoms with Crippen LogP contribution >= 0.6 is 0 Å². The number of halogens is 3. The van der Waals surface area contributed by atoms with Crippen LogP contribution in [0.1, 0.15) is 17.2 Å². The summed E-state index contributed by atoms with van der Waals surface area (Å²) in [4.78, 5) is 16.2. The van der Waals surface area contributed by atoms with E-state index in [-0.39, 0.29) is 29.3 Å². The maximum atomic E-state index is 13.9. The highest BCUT2D eigenvalue weighted by Crippen LogP contribution is 2.43. The Bertz CT molecular complexity index is 1400. The zero-order valence-corrected chi connectivity index (χ0v) is 18.7. The number of nitrogens with one attached hydrogen (secondary N) is 2. The number of carbonyl (C=O) groups is 1. The van der Waals surface area contributed by atoms with Crippen molar-refractivity contribution in [3.8, 4) is 34.3 Å². The zero-order chi connectivity index (χ0) is 26.6. The Hall–Kier alpha value is -4.76. The van der Waals surface area contributed by atoms with E-state index in [2.05, 4.69) is 31.1 Å². The second-order valence-electron chi connectivity index (χ2n) is 7.48. The predicted octanol–water partition coefficient (Wildman–Crippen LogP) is 1.96. The Morgan fingerprint density at radius 3 is 2.38 bits per heavy atom. The number of hydrogen-bond donors (Lipinski definition) is 5. The van der Waals surface area contributed by atoms with Gasteiger partial charge in [0.05, 0.1) is 6.54 Å². The summed E-state index contributed by atoms with van der Waals surface area (Å²) < 4.78 is 51.7. The molecule has 0 aliphatic rings. The van der Waals surface area contributed by atoms with E-state index in [4.69, 9.17) is 20.7 Å². The molecule has 4 aromatic rings. The Morgan fingerprint density at radius 2 is 1.76 bits per heavy atom. The molecule has 37 heavy (non-hydrogen) atoms. The molecular weight excluding hydrogens is 497 g/mol. The Labute approximate surface area is 206 Å². The van der Waals surface area contributed by atoms with Crippen LogP contribution in [0.3, 0.4) is 0 Å². The number of rotatable bonds is 7. The van der Waals surface area contributed by atoms with E-state index in [0.29, 0.717) is 5.56 Å². The molecule has 0 spiro atoms. The van der Waals surface area contributed by atoms with E-state index in [0.717, 1.165) is 0 Å². The number of nitrogens with zero attached hydrogens (tertiary/aromatic N) is 4. The minimum atomic E-state index is -4.81. The SMILES string of the molecule is N/N=C(/CNC(=O)C(O)c1ccc(-c2noc(-c3onc(-c4ccccc4)c3C(F)(F)F)n2)cc1)NN. The van der Waals surface area contributed by atoms with Crippen LogP contribution in [0.2, 0.25) is 0 Å². The van der Waals surface area contributed by atoms with Gasteiger partial charge in [0.1, 0.15) is 11.3 Å². The van der Waals surface area contributed by atoms with Gasteiger partial charge in [-0.2, -0.15) is 23.3 Å². The van der Waals surface area contributed by atoms with Gasteiger partial charge in [-0.25, -0.2) is 5.84 Å². The molecule has 0 aliphatic carbocycles. The molecule has 7 N–H and O–H groups in total. The van der Waals surface area contributed by atoms with Crippen LogP contribution in [0.5, 0.6) is 0 Å². The molecule has 0 bridgehead atoms. The third-order valence-electron chi connectivity index (χ3n) is 5.13. The fourth-order valence-corrected chi connectivity index (χ4v) is 3.29. The van der Waals surface area contributed by atoms with Crippen LogP contribution < -0.4 is 22.4 Å². The van der Waals surface area contributed by atoms with Crippen LogP contribution in [0.4, 0.5) is 13.2 Å². The van der Waals surface area contributed by atoms with Gasteiger partial charge in [-0.1, -0.05) is 64.9 Å². The lowest BCUT2D eigenvalue weighted by Gasteiger charge is -2.12. The fourth-order valence-electron chi connectivity index (χ4n) is 3.29. The number of amidine groups is 1. The Balaban J connectivity index is 1.56.